The van der Waals surface area contributed by atoms with Crippen LogP contribution in [0.5, 0.6) is 5.75 Å². The number of nitrogens with one attached hydrogen (secondary N) is 1. The maximum Gasteiger partial charge on any atom is 0.224 e. The zero-order valence-electron chi connectivity index (χ0n) is 12.5. The first kappa shape index (κ1) is 17.8. The molecule has 0 heterocycles. The quantitative estimate of drug-likeness (QED) is 0.845. The fourth-order valence-corrected chi connectivity index (χ4v) is 2.40. The highest BCUT2D eigenvalue weighted by molar-refractivity contribution is 5.90. The van der Waals surface area contributed by atoms with Crippen LogP contribution in [0.25, 0.3) is 0 Å². The summed E-state index contributed by atoms with van der Waals surface area (Å²) >= 11 is 0. The first-order valence-electron chi connectivity index (χ1n) is 7.45. The summed E-state index contributed by atoms with van der Waals surface area (Å²) in [5, 5.41) is 2.87. The van der Waals surface area contributed by atoms with E-state index in [0.29, 0.717) is 18.9 Å². The summed E-state index contributed by atoms with van der Waals surface area (Å²) in [7, 11) is 0. The van der Waals surface area contributed by atoms with Crippen LogP contribution in [0.1, 0.15) is 45.4 Å². The Morgan fingerprint density at radius 2 is 1.95 bits per heavy atom. The van der Waals surface area contributed by atoms with E-state index in [1.807, 2.05) is 31.2 Å². The lowest BCUT2D eigenvalue weighted by Crippen LogP contribution is -2.19. The van der Waals surface area contributed by atoms with Gasteiger partial charge in [-0.3, -0.25) is 4.79 Å². The Kier molecular flexibility index (Phi) is 7.54. The van der Waals surface area contributed by atoms with Crippen molar-refractivity contribution in [1.29, 1.82) is 0 Å². The molecule has 3 N–H and O–H groups in total. The maximum absolute atomic E-state index is 11.7. The van der Waals surface area contributed by atoms with Gasteiger partial charge in [0, 0.05) is 18.2 Å². The number of carbonyl (C=O) groups is 1. The molecule has 1 aromatic rings. The van der Waals surface area contributed by atoms with Crippen LogP contribution in [-0.2, 0) is 4.79 Å². The number of carbonyl (C=O) groups excluding carboxylic acids is 1. The second-order valence-corrected chi connectivity index (χ2v) is 5.61. The monoisotopic (exact) mass is 312 g/mol. The largest absolute Gasteiger partial charge is 0.490 e. The molecule has 2 rings (SSSR count). The molecule has 4 nitrogen and oxygen atoms in total. The molecular weight excluding hydrogens is 288 g/mol. The summed E-state index contributed by atoms with van der Waals surface area (Å²) in [5.41, 5.74) is 6.44. The normalized spacial score (nSPS) is 16.1. The van der Waals surface area contributed by atoms with Crippen molar-refractivity contribution in [2.45, 2.75) is 57.6 Å². The number of amides is 1. The summed E-state index contributed by atoms with van der Waals surface area (Å²) < 4.78 is 5.88. The lowest BCUT2D eigenvalue weighted by molar-refractivity contribution is -0.116. The van der Waals surface area contributed by atoms with Crippen molar-refractivity contribution in [3.63, 3.8) is 0 Å². The average molecular weight is 313 g/mol. The molecule has 5 heteroatoms. The summed E-state index contributed by atoms with van der Waals surface area (Å²) in [6.07, 6.45) is 6.34. The van der Waals surface area contributed by atoms with E-state index in [1.165, 1.54) is 12.8 Å². The second kappa shape index (κ2) is 8.90. The van der Waals surface area contributed by atoms with Crippen LogP contribution in [0.2, 0.25) is 0 Å². The Morgan fingerprint density at radius 1 is 1.33 bits per heavy atom. The van der Waals surface area contributed by atoms with Crippen LogP contribution in [-0.4, -0.2) is 18.1 Å². The average Bonchev–Trinajstić information content (AvgIpc) is 2.92. The Bertz CT molecular complexity index is 428. The summed E-state index contributed by atoms with van der Waals surface area (Å²) in [6.45, 7) is 1.91. The van der Waals surface area contributed by atoms with Gasteiger partial charge in [-0.2, -0.15) is 0 Å². The van der Waals surface area contributed by atoms with Crippen LogP contribution in [0.15, 0.2) is 24.3 Å². The minimum Gasteiger partial charge on any atom is -0.490 e. The minimum absolute atomic E-state index is 0. The van der Waals surface area contributed by atoms with Gasteiger partial charge in [-0.15, -0.1) is 12.4 Å². The summed E-state index contributed by atoms with van der Waals surface area (Å²) in [6, 6.07) is 7.66. The van der Waals surface area contributed by atoms with Crippen molar-refractivity contribution in [2.24, 2.45) is 5.73 Å². The SMILES string of the molecule is CC(N)CCC(=O)Nc1ccc(OC2CCCC2)cc1.Cl. The molecule has 0 aliphatic heterocycles. The molecular formula is C16H25ClN2O2. The third-order valence-corrected chi connectivity index (χ3v) is 3.57. The predicted molar refractivity (Wildman–Crippen MR) is 88.1 cm³/mol. The number of rotatable bonds is 6. The molecule has 118 valence electrons. The Balaban J connectivity index is 0.00000220. The van der Waals surface area contributed by atoms with Gasteiger partial charge >= 0.3 is 0 Å². The van der Waals surface area contributed by atoms with Gasteiger partial charge in [0.25, 0.3) is 0 Å². The Morgan fingerprint density at radius 3 is 2.52 bits per heavy atom. The number of hydrogen-bond acceptors (Lipinski definition) is 3. The zero-order valence-corrected chi connectivity index (χ0v) is 13.3. The highest BCUT2D eigenvalue weighted by atomic mass is 35.5. The third-order valence-electron chi connectivity index (χ3n) is 3.57. The van der Waals surface area contributed by atoms with Crippen LogP contribution < -0.4 is 15.8 Å². The topological polar surface area (TPSA) is 64.4 Å². The zero-order chi connectivity index (χ0) is 14.4. The number of nitrogens with two attached hydrogens (primary N) is 1. The van der Waals surface area contributed by atoms with Crippen LogP contribution in [0, 0.1) is 0 Å². The van der Waals surface area contributed by atoms with Gasteiger partial charge in [0.15, 0.2) is 0 Å². The van der Waals surface area contributed by atoms with E-state index in [2.05, 4.69) is 5.32 Å². The van der Waals surface area contributed by atoms with Crippen molar-refractivity contribution in [2.75, 3.05) is 5.32 Å². The smallest absolute Gasteiger partial charge is 0.224 e. The van der Waals surface area contributed by atoms with E-state index < -0.39 is 0 Å². The van der Waals surface area contributed by atoms with Crippen molar-refractivity contribution in [3.8, 4) is 5.75 Å². The van der Waals surface area contributed by atoms with E-state index in [9.17, 15) is 4.79 Å². The lowest BCUT2D eigenvalue weighted by Gasteiger charge is -2.13. The van der Waals surface area contributed by atoms with Crippen molar-refractivity contribution < 1.29 is 9.53 Å². The highest BCUT2D eigenvalue weighted by Crippen LogP contribution is 2.25. The molecule has 1 aromatic carbocycles. The number of hydrogen-bond donors (Lipinski definition) is 2. The number of ether oxygens (including phenoxy) is 1. The molecule has 1 amide bonds. The van der Waals surface area contributed by atoms with Gasteiger partial charge in [0.05, 0.1) is 6.10 Å². The molecule has 0 radical (unpaired) electrons. The van der Waals surface area contributed by atoms with E-state index in [0.717, 1.165) is 24.3 Å². The molecule has 1 fully saturated rings. The Hall–Kier alpha value is -1.26. The molecule has 1 aliphatic carbocycles. The van der Waals surface area contributed by atoms with E-state index in [4.69, 9.17) is 10.5 Å². The fourth-order valence-electron chi connectivity index (χ4n) is 2.40. The molecule has 1 aliphatic rings. The van der Waals surface area contributed by atoms with Crippen LogP contribution in [0.3, 0.4) is 0 Å². The lowest BCUT2D eigenvalue weighted by atomic mass is 10.2. The standard InChI is InChI=1S/C16H24N2O2.ClH/c1-12(17)6-11-16(19)18-13-7-9-15(10-8-13)20-14-4-2-3-5-14;/h7-10,12,14H,2-6,11,17H2,1H3,(H,18,19);1H. The molecule has 0 aromatic heterocycles. The van der Waals surface area contributed by atoms with E-state index >= 15 is 0 Å². The van der Waals surface area contributed by atoms with Crippen molar-refractivity contribution in [1.82, 2.24) is 0 Å². The molecule has 1 saturated carbocycles. The molecule has 1 atom stereocenters. The predicted octanol–water partition coefficient (Wildman–Crippen LogP) is 3.50. The van der Waals surface area contributed by atoms with Gasteiger partial charge < -0.3 is 15.8 Å². The fraction of sp³-hybridized carbons (Fsp3) is 0.562. The minimum atomic E-state index is 0. The molecule has 1 unspecified atom stereocenters. The number of halogens is 1. The van der Waals surface area contributed by atoms with Crippen molar-refractivity contribution in [3.05, 3.63) is 24.3 Å². The molecule has 21 heavy (non-hydrogen) atoms. The van der Waals surface area contributed by atoms with Gasteiger partial charge in [-0.1, -0.05) is 0 Å². The van der Waals surface area contributed by atoms with Gasteiger partial charge in [0.1, 0.15) is 5.75 Å². The molecule has 0 saturated heterocycles. The molecule has 0 bridgehead atoms. The number of anilines is 1. The summed E-state index contributed by atoms with van der Waals surface area (Å²) in [4.78, 5) is 11.7. The Labute approximate surface area is 132 Å². The van der Waals surface area contributed by atoms with Gasteiger partial charge in [-0.05, 0) is 63.3 Å². The van der Waals surface area contributed by atoms with Crippen molar-refractivity contribution >= 4 is 24.0 Å². The van der Waals surface area contributed by atoms with E-state index in [-0.39, 0.29) is 24.4 Å². The van der Waals surface area contributed by atoms with Gasteiger partial charge in [0.2, 0.25) is 5.91 Å². The van der Waals surface area contributed by atoms with E-state index in [1.54, 1.807) is 0 Å². The molecule has 0 spiro atoms. The highest BCUT2D eigenvalue weighted by Gasteiger charge is 2.16. The summed E-state index contributed by atoms with van der Waals surface area (Å²) in [5.74, 6) is 0.886. The first-order valence-corrected chi connectivity index (χ1v) is 7.45. The third kappa shape index (κ3) is 6.36. The van der Waals surface area contributed by atoms with Crippen LogP contribution >= 0.6 is 12.4 Å². The maximum atomic E-state index is 11.7. The number of benzene rings is 1. The first-order chi connectivity index (χ1) is 9.63. The van der Waals surface area contributed by atoms with Gasteiger partial charge in [-0.25, -0.2) is 0 Å². The van der Waals surface area contributed by atoms with Crippen LogP contribution in [0.4, 0.5) is 5.69 Å². The second-order valence-electron chi connectivity index (χ2n) is 5.61.